The first-order chi connectivity index (χ1) is 10.8. The highest BCUT2D eigenvalue weighted by Crippen LogP contribution is 2.34. The van der Waals surface area contributed by atoms with Gasteiger partial charge in [0.25, 0.3) is 0 Å². The van der Waals surface area contributed by atoms with Crippen LogP contribution in [-0.2, 0) is 0 Å². The molecule has 3 rings (SSSR count). The molecule has 1 N–H and O–H groups in total. The molecule has 0 aliphatic carbocycles. The molecular weight excluding hydrogens is 292 g/mol. The number of aryl methyl sites for hydroxylation is 1. The molecule has 2 aromatic rings. The van der Waals surface area contributed by atoms with E-state index in [9.17, 15) is 0 Å². The monoisotopic (exact) mass is 316 g/mol. The summed E-state index contributed by atoms with van der Waals surface area (Å²) in [6.45, 7) is 9.20. The summed E-state index contributed by atoms with van der Waals surface area (Å²) in [7, 11) is 0. The van der Waals surface area contributed by atoms with Crippen molar-refractivity contribution in [3.8, 4) is 5.75 Å². The molecule has 0 radical (unpaired) electrons. The van der Waals surface area contributed by atoms with Crippen LogP contribution in [0.4, 0.5) is 0 Å². The third-order valence-corrected chi connectivity index (χ3v) is 5.12. The molecule has 118 valence electrons. The highest BCUT2D eigenvalue weighted by molar-refractivity contribution is 7.10. The molecule has 1 atom stereocenters. The number of ether oxygens (including phenoxy) is 1. The predicted molar refractivity (Wildman–Crippen MR) is 93.0 cm³/mol. The lowest BCUT2D eigenvalue weighted by molar-refractivity contribution is 0.200. The normalized spacial score (nSPS) is 17.4. The number of thiophene rings is 1. The molecule has 0 bridgehead atoms. The van der Waals surface area contributed by atoms with Crippen molar-refractivity contribution >= 4 is 11.3 Å². The summed E-state index contributed by atoms with van der Waals surface area (Å²) < 4.78 is 5.70. The number of piperazine rings is 1. The number of nitrogens with zero attached hydrogens (tertiary/aromatic N) is 1. The Kier molecular flexibility index (Phi) is 5.13. The second-order valence-corrected chi connectivity index (χ2v) is 6.66. The second kappa shape index (κ2) is 7.27. The van der Waals surface area contributed by atoms with E-state index in [1.165, 1.54) is 16.0 Å². The van der Waals surface area contributed by atoms with E-state index in [1.54, 1.807) is 0 Å². The number of rotatable bonds is 5. The maximum Gasteiger partial charge on any atom is 0.119 e. The minimum atomic E-state index is 0.334. The summed E-state index contributed by atoms with van der Waals surface area (Å²) in [5.74, 6) is 0.966. The smallest absolute Gasteiger partial charge is 0.119 e. The van der Waals surface area contributed by atoms with Gasteiger partial charge in [-0.1, -0.05) is 12.1 Å². The van der Waals surface area contributed by atoms with Crippen LogP contribution in [0.2, 0.25) is 0 Å². The molecule has 0 spiro atoms. The van der Waals surface area contributed by atoms with Crippen molar-refractivity contribution in [2.75, 3.05) is 32.8 Å². The van der Waals surface area contributed by atoms with Crippen LogP contribution in [-0.4, -0.2) is 37.7 Å². The third-order valence-electron chi connectivity index (χ3n) is 4.02. The van der Waals surface area contributed by atoms with E-state index < -0.39 is 0 Å². The Bertz CT molecular complexity index is 605. The van der Waals surface area contributed by atoms with Crippen molar-refractivity contribution in [3.63, 3.8) is 0 Å². The molecule has 2 heterocycles. The van der Waals surface area contributed by atoms with Crippen LogP contribution in [0.3, 0.4) is 0 Å². The third kappa shape index (κ3) is 3.51. The lowest BCUT2D eigenvalue weighted by Gasteiger charge is -2.35. The zero-order valence-corrected chi connectivity index (χ0v) is 14.2. The van der Waals surface area contributed by atoms with Gasteiger partial charge in [0.2, 0.25) is 0 Å². The summed E-state index contributed by atoms with van der Waals surface area (Å²) in [6.07, 6.45) is 0. The molecule has 3 nitrogen and oxygen atoms in total. The number of hydrogen-bond donors (Lipinski definition) is 1. The Morgan fingerprint density at radius 1 is 1.27 bits per heavy atom. The lowest BCUT2D eigenvalue weighted by Crippen LogP contribution is -2.45. The molecule has 1 aliphatic heterocycles. The van der Waals surface area contributed by atoms with Gasteiger partial charge in [0.1, 0.15) is 5.75 Å². The van der Waals surface area contributed by atoms with Crippen molar-refractivity contribution in [2.45, 2.75) is 19.9 Å². The van der Waals surface area contributed by atoms with E-state index in [0.717, 1.165) is 31.9 Å². The summed E-state index contributed by atoms with van der Waals surface area (Å²) in [6, 6.07) is 11.2. The molecule has 0 amide bonds. The predicted octanol–water partition coefficient (Wildman–Crippen LogP) is 3.45. The van der Waals surface area contributed by atoms with E-state index in [0.29, 0.717) is 12.6 Å². The van der Waals surface area contributed by atoms with Gasteiger partial charge in [-0.25, -0.2) is 0 Å². The zero-order chi connectivity index (χ0) is 15.4. The summed E-state index contributed by atoms with van der Waals surface area (Å²) in [4.78, 5) is 4.00. The quantitative estimate of drug-likeness (QED) is 0.914. The van der Waals surface area contributed by atoms with Crippen LogP contribution >= 0.6 is 11.3 Å². The first-order valence-electron chi connectivity index (χ1n) is 8.00. The minimum absolute atomic E-state index is 0.334. The Labute approximate surface area is 136 Å². The molecule has 0 saturated carbocycles. The van der Waals surface area contributed by atoms with Crippen molar-refractivity contribution in [1.29, 1.82) is 0 Å². The summed E-state index contributed by atoms with van der Waals surface area (Å²) >= 11 is 1.86. The molecule has 1 unspecified atom stereocenters. The minimum Gasteiger partial charge on any atom is -0.494 e. The summed E-state index contributed by atoms with van der Waals surface area (Å²) in [5, 5.41) is 5.69. The van der Waals surface area contributed by atoms with Gasteiger partial charge in [-0.3, -0.25) is 4.90 Å². The average Bonchev–Trinajstić information content (AvgIpc) is 2.96. The molecule has 1 saturated heterocycles. The molecule has 1 aliphatic rings. The van der Waals surface area contributed by atoms with Crippen molar-refractivity contribution in [2.24, 2.45) is 0 Å². The topological polar surface area (TPSA) is 24.5 Å². The van der Waals surface area contributed by atoms with Crippen LogP contribution in [0.1, 0.15) is 29.0 Å². The van der Waals surface area contributed by atoms with Gasteiger partial charge in [0, 0.05) is 31.1 Å². The average molecular weight is 316 g/mol. The highest BCUT2D eigenvalue weighted by Gasteiger charge is 2.25. The fourth-order valence-electron chi connectivity index (χ4n) is 3.03. The van der Waals surface area contributed by atoms with Gasteiger partial charge in [-0.05, 0) is 48.6 Å². The number of hydrogen-bond acceptors (Lipinski definition) is 4. The van der Waals surface area contributed by atoms with Crippen LogP contribution in [0.25, 0.3) is 0 Å². The largest absolute Gasteiger partial charge is 0.494 e. The first-order valence-corrected chi connectivity index (χ1v) is 8.88. The Morgan fingerprint density at radius 2 is 2.09 bits per heavy atom. The van der Waals surface area contributed by atoms with Crippen molar-refractivity contribution in [1.82, 2.24) is 10.2 Å². The first kappa shape index (κ1) is 15.5. The SMILES string of the molecule is CCOc1cccc(C(c2cc(C)cs2)N2CCNCC2)c1. The van der Waals surface area contributed by atoms with Crippen molar-refractivity contribution < 1.29 is 4.74 Å². The summed E-state index contributed by atoms with van der Waals surface area (Å²) in [5.41, 5.74) is 2.68. The molecule has 4 heteroatoms. The standard InChI is InChI=1S/C18H24N2OS/c1-3-21-16-6-4-5-15(12-16)18(17-11-14(2)13-22-17)20-9-7-19-8-10-20/h4-6,11-13,18-19H,3,7-10H2,1-2H3. The van der Waals surface area contributed by atoms with E-state index >= 15 is 0 Å². The fourth-order valence-corrected chi connectivity index (χ4v) is 4.09. The number of nitrogens with one attached hydrogen (secondary N) is 1. The van der Waals surface area contributed by atoms with Gasteiger partial charge < -0.3 is 10.1 Å². The molecule has 1 aromatic carbocycles. The van der Waals surface area contributed by atoms with E-state index in [4.69, 9.17) is 4.74 Å². The molecule has 1 aromatic heterocycles. The molecule has 1 fully saturated rings. The fraction of sp³-hybridized carbons (Fsp3) is 0.444. The van der Waals surface area contributed by atoms with E-state index in [-0.39, 0.29) is 0 Å². The maximum atomic E-state index is 5.70. The van der Waals surface area contributed by atoms with Gasteiger partial charge in [0.05, 0.1) is 12.6 Å². The second-order valence-electron chi connectivity index (χ2n) is 5.72. The number of benzene rings is 1. The van der Waals surface area contributed by atoms with Gasteiger partial charge in [-0.2, -0.15) is 0 Å². The maximum absolute atomic E-state index is 5.70. The van der Waals surface area contributed by atoms with Crippen LogP contribution < -0.4 is 10.1 Å². The Hall–Kier alpha value is -1.36. The van der Waals surface area contributed by atoms with Gasteiger partial charge in [-0.15, -0.1) is 11.3 Å². The molecular formula is C18H24N2OS. The van der Waals surface area contributed by atoms with E-state index in [1.807, 2.05) is 24.3 Å². The Morgan fingerprint density at radius 3 is 2.77 bits per heavy atom. The highest BCUT2D eigenvalue weighted by atomic mass is 32.1. The zero-order valence-electron chi connectivity index (χ0n) is 13.3. The van der Waals surface area contributed by atoms with Crippen LogP contribution in [0, 0.1) is 6.92 Å². The van der Waals surface area contributed by atoms with Crippen LogP contribution in [0.5, 0.6) is 5.75 Å². The molecule has 22 heavy (non-hydrogen) atoms. The lowest BCUT2D eigenvalue weighted by atomic mass is 10.0. The van der Waals surface area contributed by atoms with Gasteiger partial charge in [0.15, 0.2) is 0 Å². The van der Waals surface area contributed by atoms with Crippen LogP contribution in [0.15, 0.2) is 35.7 Å². The Balaban J connectivity index is 1.95. The van der Waals surface area contributed by atoms with E-state index in [2.05, 4.69) is 46.8 Å². The van der Waals surface area contributed by atoms with Gasteiger partial charge >= 0.3 is 0 Å². The van der Waals surface area contributed by atoms with Crippen molar-refractivity contribution in [3.05, 3.63) is 51.7 Å².